The molecule has 0 amide bonds. The molecule has 0 unspecified atom stereocenters. The highest BCUT2D eigenvalue weighted by Crippen LogP contribution is 2.33. The minimum Gasteiger partial charge on any atom is -0.465 e. The highest BCUT2D eigenvalue weighted by atomic mass is 16.5. The van der Waals surface area contributed by atoms with Crippen LogP contribution in [-0.2, 0) is 4.74 Å². The van der Waals surface area contributed by atoms with Crippen molar-refractivity contribution in [2.24, 2.45) is 0 Å². The van der Waals surface area contributed by atoms with Crippen LogP contribution in [0.4, 0.5) is 0 Å². The van der Waals surface area contributed by atoms with Gasteiger partial charge >= 0.3 is 5.97 Å². The van der Waals surface area contributed by atoms with Gasteiger partial charge in [0.2, 0.25) is 0 Å². The van der Waals surface area contributed by atoms with E-state index < -0.39 is 0 Å². The molecule has 0 saturated heterocycles. The molecule has 1 aromatic heterocycles. The number of esters is 1. The van der Waals surface area contributed by atoms with E-state index in [0.717, 1.165) is 16.7 Å². The van der Waals surface area contributed by atoms with Gasteiger partial charge in [-0.05, 0) is 22.8 Å². The van der Waals surface area contributed by atoms with Gasteiger partial charge in [0.1, 0.15) is 0 Å². The maximum Gasteiger partial charge on any atom is 0.338 e. The van der Waals surface area contributed by atoms with Gasteiger partial charge < -0.3 is 4.74 Å². The van der Waals surface area contributed by atoms with E-state index in [1.54, 1.807) is 18.5 Å². The molecule has 3 aromatic rings. The zero-order chi connectivity index (χ0) is 16.1. The molecular formula is C20H17NO2. The lowest BCUT2D eigenvalue weighted by Gasteiger charge is -2.20. The highest BCUT2D eigenvalue weighted by molar-refractivity contribution is 5.91. The SMILES string of the molecule is COC(=O)c1ccncc1C(c1ccccc1)c1ccccc1. The second-order valence-corrected chi connectivity index (χ2v) is 5.21. The lowest BCUT2D eigenvalue weighted by Crippen LogP contribution is -2.12. The standard InChI is InChI=1S/C20H17NO2/c1-23-20(22)17-12-13-21-14-18(17)19(15-8-4-2-5-9-15)16-10-6-3-7-11-16/h2-14,19H,1H3. The summed E-state index contributed by atoms with van der Waals surface area (Å²) in [6, 6.07) is 21.9. The number of hydrogen-bond donors (Lipinski definition) is 0. The third kappa shape index (κ3) is 3.14. The average molecular weight is 303 g/mol. The Morgan fingerprint density at radius 3 is 2.00 bits per heavy atom. The first kappa shape index (κ1) is 15.0. The van der Waals surface area contributed by atoms with E-state index in [1.807, 2.05) is 36.4 Å². The zero-order valence-electron chi connectivity index (χ0n) is 12.8. The maximum atomic E-state index is 12.2. The van der Waals surface area contributed by atoms with Crippen molar-refractivity contribution >= 4 is 5.97 Å². The number of hydrogen-bond acceptors (Lipinski definition) is 3. The normalized spacial score (nSPS) is 10.5. The van der Waals surface area contributed by atoms with Crippen molar-refractivity contribution in [2.75, 3.05) is 7.11 Å². The quantitative estimate of drug-likeness (QED) is 0.683. The first-order valence-corrected chi connectivity index (χ1v) is 7.43. The molecule has 23 heavy (non-hydrogen) atoms. The Balaban J connectivity index is 2.20. The number of rotatable bonds is 4. The van der Waals surface area contributed by atoms with Crippen LogP contribution in [0.3, 0.4) is 0 Å². The van der Waals surface area contributed by atoms with Gasteiger partial charge in [0.05, 0.1) is 12.7 Å². The first-order valence-electron chi connectivity index (χ1n) is 7.43. The fourth-order valence-corrected chi connectivity index (χ4v) is 2.78. The number of methoxy groups -OCH3 is 1. The van der Waals surface area contributed by atoms with Gasteiger partial charge in [-0.15, -0.1) is 0 Å². The highest BCUT2D eigenvalue weighted by Gasteiger charge is 2.23. The largest absolute Gasteiger partial charge is 0.465 e. The summed E-state index contributed by atoms with van der Waals surface area (Å²) < 4.78 is 4.93. The second kappa shape index (κ2) is 6.88. The van der Waals surface area contributed by atoms with E-state index in [9.17, 15) is 4.79 Å². The number of carbonyl (C=O) groups excluding carboxylic acids is 1. The van der Waals surface area contributed by atoms with Crippen molar-refractivity contribution in [3.63, 3.8) is 0 Å². The molecule has 0 aliphatic rings. The summed E-state index contributed by atoms with van der Waals surface area (Å²) in [5.74, 6) is -0.417. The predicted octanol–water partition coefficient (Wildman–Crippen LogP) is 4.05. The molecular weight excluding hydrogens is 286 g/mol. The molecule has 0 fully saturated rings. The molecule has 2 aromatic carbocycles. The minimum atomic E-state index is -0.348. The number of pyridine rings is 1. The zero-order valence-corrected chi connectivity index (χ0v) is 12.8. The van der Waals surface area contributed by atoms with E-state index >= 15 is 0 Å². The van der Waals surface area contributed by atoms with Gasteiger partial charge in [0, 0.05) is 18.3 Å². The Labute approximate surface area is 135 Å². The Hall–Kier alpha value is -2.94. The topological polar surface area (TPSA) is 39.2 Å². The van der Waals surface area contributed by atoms with Crippen LogP contribution in [0.2, 0.25) is 0 Å². The van der Waals surface area contributed by atoms with Crippen molar-refractivity contribution in [3.8, 4) is 0 Å². The van der Waals surface area contributed by atoms with Gasteiger partial charge in [-0.25, -0.2) is 4.79 Å². The minimum absolute atomic E-state index is 0.0693. The van der Waals surface area contributed by atoms with E-state index in [-0.39, 0.29) is 11.9 Å². The molecule has 3 nitrogen and oxygen atoms in total. The molecule has 0 saturated carbocycles. The first-order chi connectivity index (χ1) is 11.3. The molecule has 0 aliphatic heterocycles. The number of ether oxygens (including phenoxy) is 1. The summed E-state index contributed by atoms with van der Waals surface area (Å²) in [6.07, 6.45) is 3.36. The maximum absolute atomic E-state index is 12.2. The molecule has 0 radical (unpaired) electrons. The summed E-state index contributed by atoms with van der Waals surface area (Å²) in [5.41, 5.74) is 3.60. The predicted molar refractivity (Wildman–Crippen MR) is 89.4 cm³/mol. The monoisotopic (exact) mass is 303 g/mol. The van der Waals surface area contributed by atoms with Gasteiger partial charge in [-0.3, -0.25) is 4.98 Å². The molecule has 0 aliphatic carbocycles. The Bertz CT molecular complexity index is 746. The van der Waals surface area contributed by atoms with Crippen LogP contribution in [0.25, 0.3) is 0 Å². The molecule has 0 atom stereocenters. The fourth-order valence-electron chi connectivity index (χ4n) is 2.78. The van der Waals surface area contributed by atoms with Crippen molar-refractivity contribution in [1.82, 2.24) is 4.98 Å². The van der Waals surface area contributed by atoms with Crippen LogP contribution in [0, 0.1) is 0 Å². The Morgan fingerprint density at radius 1 is 0.913 bits per heavy atom. The molecule has 114 valence electrons. The van der Waals surface area contributed by atoms with E-state index in [1.165, 1.54) is 7.11 Å². The third-order valence-corrected chi connectivity index (χ3v) is 3.83. The van der Waals surface area contributed by atoms with Gasteiger partial charge in [0.15, 0.2) is 0 Å². The van der Waals surface area contributed by atoms with Crippen LogP contribution in [-0.4, -0.2) is 18.1 Å². The lowest BCUT2D eigenvalue weighted by molar-refractivity contribution is 0.0599. The molecule has 3 rings (SSSR count). The van der Waals surface area contributed by atoms with Crippen molar-refractivity contribution < 1.29 is 9.53 Å². The average Bonchev–Trinajstić information content (AvgIpc) is 2.63. The molecule has 0 bridgehead atoms. The summed E-state index contributed by atoms with van der Waals surface area (Å²) in [7, 11) is 1.40. The smallest absolute Gasteiger partial charge is 0.338 e. The Kier molecular flexibility index (Phi) is 4.48. The fraction of sp³-hybridized carbons (Fsp3) is 0.100. The molecule has 3 heteroatoms. The van der Waals surface area contributed by atoms with Crippen molar-refractivity contribution in [1.29, 1.82) is 0 Å². The van der Waals surface area contributed by atoms with Crippen LogP contribution < -0.4 is 0 Å². The summed E-state index contributed by atoms with van der Waals surface area (Å²) in [6.45, 7) is 0. The molecule has 1 heterocycles. The van der Waals surface area contributed by atoms with E-state index in [0.29, 0.717) is 5.56 Å². The van der Waals surface area contributed by atoms with Gasteiger partial charge in [0.25, 0.3) is 0 Å². The summed E-state index contributed by atoms with van der Waals surface area (Å²) >= 11 is 0. The van der Waals surface area contributed by atoms with Gasteiger partial charge in [-0.1, -0.05) is 60.7 Å². The number of aromatic nitrogens is 1. The Morgan fingerprint density at radius 2 is 1.48 bits per heavy atom. The lowest BCUT2D eigenvalue weighted by atomic mass is 9.84. The number of carbonyl (C=O) groups is 1. The van der Waals surface area contributed by atoms with Crippen molar-refractivity contribution in [2.45, 2.75) is 5.92 Å². The van der Waals surface area contributed by atoms with E-state index in [2.05, 4.69) is 29.2 Å². The summed E-state index contributed by atoms with van der Waals surface area (Å²) in [5, 5.41) is 0. The van der Waals surface area contributed by atoms with Crippen LogP contribution in [0.15, 0.2) is 79.1 Å². The van der Waals surface area contributed by atoms with Crippen molar-refractivity contribution in [3.05, 3.63) is 101 Å². The second-order valence-electron chi connectivity index (χ2n) is 5.21. The molecule has 0 N–H and O–H groups in total. The van der Waals surface area contributed by atoms with Crippen LogP contribution in [0.1, 0.15) is 33.0 Å². The molecule has 0 spiro atoms. The van der Waals surface area contributed by atoms with Crippen LogP contribution in [0.5, 0.6) is 0 Å². The van der Waals surface area contributed by atoms with Crippen LogP contribution >= 0.6 is 0 Å². The summed E-state index contributed by atoms with van der Waals surface area (Å²) in [4.78, 5) is 16.4. The van der Waals surface area contributed by atoms with E-state index in [4.69, 9.17) is 4.74 Å². The number of benzene rings is 2. The van der Waals surface area contributed by atoms with Gasteiger partial charge in [-0.2, -0.15) is 0 Å². The number of nitrogens with zero attached hydrogens (tertiary/aromatic N) is 1. The third-order valence-electron chi connectivity index (χ3n) is 3.83.